The van der Waals surface area contributed by atoms with Gasteiger partial charge >= 0.3 is 0 Å². The number of anilines is 2. The summed E-state index contributed by atoms with van der Waals surface area (Å²) >= 11 is 5.96. The predicted octanol–water partition coefficient (Wildman–Crippen LogP) is 2.98. The van der Waals surface area contributed by atoms with Gasteiger partial charge in [0.15, 0.2) is 5.69 Å². The number of amides is 1. The maximum atomic E-state index is 12.3. The van der Waals surface area contributed by atoms with Gasteiger partial charge in [0.2, 0.25) is 0 Å². The molecule has 2 aromatic rings. The number of hydrogen-bond acceptors (Lipinski definition) is 6. The van der Waals surface area contributed by atoms with Crippen molar-refractivity contribution in [3.05, 3.63) is 41.0 Å². The van der Waals surface area contributed by atoms with Crippen LogP contribution in [-0.4, -0.2) is 42.5 Å². The highest BCUT2D eigenvalue weighted by Crippen LogP contribution is 2.28. The molecule has 132 valence electrons. The van der Waals surface area contributed by atoms with E-state index in [2.05, 4.69) is 20.8 Å². The van der Waals surface area contributed by atoms with Gasteiger partial charge in [0.25, 0.3) is 5.91 Å². The zero-order chi connectivity index (χ0) is 17.6. The lowest BCUT2D eigenvalue weighted by molar-refractivity contribution is 0.102. The fraction of sp³-hybridized carbons (Fsp3) is 0.353. The summed E-state index contributed by atoms with van der Waals surface area (Å²) in [6, 6.07) is 8.30. The number of ether oxygens (including phenoxy) is 2. The van der Waals surface area contributed by atoms with E-state index < -0.39 is 5.91 Å². The van der Waals surface area contributed by atoms with Crippen molar-refractivity contribution in [3.63, 3.8) is 0 Å². The molecule has 2 heterocycles. The van der Waals surface area contributed by atoms with E-state index in [1.807, 2.05) is 0 Å². The van der Waals surface area contributed by atoms with Crippen molar-refractivity contribution in [1.29, 1.82) is 0 Å². The molecule has 0 spiro atoms. The van der Waals surface area contributed by atoms with E-state index in [0.29, 0.717) is 28.8 Å². The van der Waals surface area contributed by atoms with Crippen LogP contribution in [-0.2, 0) is 4.74 Å². The van der Waals surface area contributed by atoms with Crippen molar-refractivity contribution in [3.8, 4) is 5.75 Å². The SMILES string of the molecule is COc1ccc(Cl)cc1NC(=O)c1ccc(NCC2CCCO2)nn1. The minimum Gasteiger partial charge on any atom is -0.495 e. The molecule has 2 N–H and O–H groups in total. The maximum absolute atomic E-state index is 12.3. The molecule has 3 rings (SSSR count). The van der Waals surface area contributed by atoms with Crippen LogP contribution in [0.2, 0.25) is 5.02 Å². The highest BCUT2D eigenvalue weighted by molar-refractivity contribution is 6.31. The molecule has 25 heavy (non-hydrogen) atoms. The average molecular weight is 363 g/mol. The molecule has 1 fully saturated rings. The number of hydrogen-bond donors (Lipinski definition) is 2. The molecule has 1 atom stereocenters. The van der Waals surface area contributed by atoms with Gasteiger partial charge in [0.1, 0.15) is 11.6 Å². The van der Waals surface area contributed by atoms with E-state index in [-0.39, 0.29) is 11.8 Å². The lowest BCUT2D eigenvalue weighted by atomic mass is 10.2. The standard InChI is InChI=1S/C17H19ClN4O3/c1-24-15-6-4-11(18)9-14(15)20-17(23)13-5-7-16(22-21-13)19-10-12-3-2-8-25-12/h4-7,9,12H,2-3,8,10H2,1H3,(H,19,22)(H,20,23). The van der Waals surface area contributed by atoms with Gasteiger partial charge in [-0.2, -0.15) is 0 Å². The van der Waals surface area contributed by atoms with Gasteiger partial charge in [0, 0.05) is 18.2 Å². The summed E-state index contributed by atoms with van der Waals surface area (Å²) in [6.45, 7) is 1.49. The molecule has 7 nitrogen and oxygen atoms in total. The van der Waals surface area contributed by atoms with Crippen molar-refractivity contribution >= 4 is 29.0 Å². The summed E-state index contributed by atoms with van der Waals surface area (Å²) < 4.78 is 10.7. The van der Waals surface area contributed by atoms with E-state index >= 15 is 0 Å². The number of carbonyl (C=O) groups excluding carboxylic acids is 1. The molecule has 1 unspecified atom stereocenters. The van der Waals surface area contributed by atoms with Gasteiger partial charge < -0.3 is 20.1 Å². The first kappa shape index (κ1) is 17.4. The Bertz CT molecular complexity index is 733. The number of rotatable bonds is 6. The van der Waals surface area contributed by atoms with Crippen LogP contribution in [0.25, 0.3) is 0 Å². The summed E-state index contributed by atoms with van der Waals surface area (Å²) in [5, 5.41) is 14.4. The number of benzene rings is 1. The third kappa shape index (κ3) is 4.58. The quantitative estimate of drug-likeness (QED) is 0.821. The van der Waals surface area contributed by atoms with Gasteiger partial charge in [-0.15, -0.1) is 10.2 Å². The molecule has 1 aromatic carbocycles. The summed E-state index contributed by atoms with van der Waals surface area (Å²) in [4.78, 5) is 12.3. The Morgan fingerprint density at radius 1 is 1.36 bits per heavy atom. The highest BCUT2D eigenvalue weighted by atomic mass is 35.5. The molecular weight excluding hydrogens is 344 g/mol. The topological polar surface area (TPSA) is 85.4 Å². The monoisotopic (exact) mass is 362 g/mol. The molecule has 0 bridgehead atoms. The highest BCUT2D eigenvalue weighted by Gasteiger charge is 2.16. The van der Waals surface area contributed by atoms with Crippen molar-refractivity contribution in [2.45, 2.75) is 18.9 Å². The largest absolute Gasteiger partial charge is 0.495 e. The molecule has 1 amide bonds. The molecule has 0 saturated carbocycles. The Balaban J connectivity index is 1.61. The third-order valence-corrected chi connectivity index (χ3v) is 4.08. The van der Waals surface area contributed by atoms with Crippen LogP contribution in [0.4, 0.5) is 11.5 Å². The molecule has 1 aromatic heterocycles. The molecule has 0 radical (unpaired) electrons. The molecule has 1 saturated heterocycles. The van der Waals surface area contributed by atoms with Crippen molar-refractivity contribution in [1.82, 2.24) is 10.2 Å². The third-order valence-electron chi connectivity index (χ3n) is 3.84. The van der Waals surface area contributed by atoms with Gasteiger partial charge in [-0.3, -0.25) is 4.79 Å². The van der Waals surface area contributed by atoms with Crippen LogP contribution < -0.4 is 15.4 Å². The average Bonchev–Trinajstić information content (AvgIpc) is 3.14. The van der Waals surface area contributed by atoms with E-state index in [0.717, 1.165) is 19.4 Å². The van der Waals surface area contributed by atoms with E-state index in [4.69, 9.17) is 21.1 Å². The number of halogens is 1. The zero-order valence-electron chi connectivity index (χ0n) is 13.8. The Hall–Kier alpha value is -2.38. The second-order valence-electron chi connectivity index (χ2n) is 5.62. The Labute approximate surface area is 150 Å². The molecular formula is C17H19ClN4O3. The van der Waals surface area contributed by atoms with Crippen LogP contribution >= 0.6 is 11.6 Å². The van der Waals surface area contributed by atoms with Crippen molar-refractivity contribution in [2.75, 3.05) is 30.9 Å². The van der Waals surface area contributed by atoms with Gasteiger partial charge in [-0.05, 0) is 43.2 Å². The number of methoxy groups -OCH3 is 1. The number of nitrogens with zero attached hydrogens (tertiary/aromatic N) is 2. The normalized spacial score (nSPS) is 16.5. The minimum atomic E-state index is -0.390. The van der Waals surface area contributed by atoms with Crippen LogP contribution in [0.3, 0.4) is 0 Å². The van der Waals surface area contributed by atoms with Crippen LogP contribution in [0, 0.1) is 0 Å². The van der Waals surface area contributed by atoms with Gasteiger partial charge in [-0.25, -0.2) is 0 Å². The molecule has 1 aliphatic heterocycles. The van der Waals surface area contributed by atoms with Crippen LogP contribution in [0.15, 0.2) is 30.3 Å². The molecule has 8 heteroatoms. The summed E-state index contributed by atoms with van der Waals surface area (Å²) in [5.41, 5.74) is 0.673. The summed E-state index contributed by atoms with van der Waals surface area (Å²) in [7, 11) is 1.52. The fourth-order valence-electron chi connectivity index (χ4n) is 2.54. The second-order valence-corrected chi connectivity index (χ2v) is 6.05. The minimum absolute atomic E-state index is 0.199. The number of carbonyl (C=O) groups is 1. The summed E-state index contributed by atoms with van der Waals surface area (Å²) in [5.74, 6) is 0.728. The number of nitrogens with one attached hydrogen (secondary N) is 2. The van der Waals surface area contributed by atoms with E-state index in [1.54, 1.807) is 30.3 Å². The van der Waals surface area contributed by atoms with Gasteiger partial charge in [0.05, 0.1) is 18.9 Å². The predicted molar refractivity (Wildman–Crippen MR) is 95.5 cm³/mol. The smallest absolute Gasteiger partial charge is 0.276 e. The summed E-state index contributed by atoms with van der Waals surface area (Å²) in [6.07, 6.45) is 2.34. The lowest BCUT2D eigenvalue weighted by Crippen LogP contribution is -2.20. The van der Waals surface area contributed by atoms with Gasteiger partial charge in [-0.1, -0.05) is 11.6 Å². The number of aromatic nitrogens is 2. The van der Waals surface area contributed by atoms with Crippen molar-refractivity contribution in [2.24, 2.45) is 0 Å². The first-order chi connectivity index (χ1) is 12.2. The first-order valence-electron chi connectivity index (χ1n) is 8.00. The second kappa shape index (κ2) is 8.13. The first-order valence-corrected chi connectivity index (χ1v) is 8.37. The maximum Gasteiger partial charge on any atom is 0.276 e. The zero-order valence-corrected chi connectivity index (χ0v) is 14.5. The van der Waals surface area contributed by atoms with Crippen molar-refractivity contribution < 1.29 is 14.3 Å². The van der Waals surface area contributed by atoms with E-state index in [1.165, 1.54) is 7.11 Å². The molecule has 1 aliphatic rings. The molecule has 0 aliphatic carbocycles. The van der Waals surface area contributed by atoms with Crippen LogP contribution in [0.1, 0.15) is 23.3 Å². The lowest BCUT2D eigenvalue weighted by Gasteiger charge is -2.11. The van der Waals surface area contributed by atoms with Crippen LogP contribution in [0.5, 0.6) is 5.75 Å². The Morgan fingerprint density at radius 2 is 2.24 bits per heavy atom. The fourth-order valence-corrected chi connectivity index (χ4v) is 2.71. The van der Waals surface area contributed by atoms with E-state index in [9.17, 15) is 4.79 Å². The Morgan fingerprint density at radius 3 is 2.92 bits per heavy atom. The Kier molecular flexibility index (Phi) is 5.67.